The van der Waals surface area contributed by atoms with E-state index in [1.807, 2.05) is 0 Å². The van der Waals surface area contributed by atoms with E-state index in [0.29, 0.717) is 5.92 Å². The standard InChI is InChI=1S/C42H70/c1-4-7-10-13-16-18-21-30-37-42(40-34-27-24-28-35-40,38-31-22-19-17-14-11-8-5-2)41(39-32-25-23-26-33-39)36-29-20-15-12-9-6-3/h23-28,32-35,41H,4-22,29-31,36-38H2,1-3H3. The molecule has 0 saturated carbocycles. The smallest absolute Gasteiger partial charge is 0.00216 e. The topological polar surface area (TPSA) is 0 Å². The molecule has 0 spiro atoms. The van der Waals surface area contributed by atoms with Crippen LogP contribution in [0.5, 0.6) is 0 Å². The van der Waals surface area contributed by atoms with Gasteiger partial charge in [0.2, 0.25) is 0 Å². The van der Waals surface area contributed by atoms with Gasteiger partial charge in [-0.25, -0.2) is 0 Å². The summed E-state index contributed by atoms with van der Waals surface area (Å²) < 4.78 is 0. The summed E-state index contributed by atoms with van der Waals surface area (Å²) in [5.41, 5.74) is 3.46. The summed E-state index contributed by atoms with van der Waals surface area (Å²) >= 11 is 0. The number of unbranched alkanes of at least 4 members (excludes halogenated alkanes) is 19. The number of rotatable bonds is 28. The Morgan fingerprint density at radius 1 is 0.405 bits per heavy atom. The molecule has 2 rings (SSSR count). The maximum absolute atomic E-state index is 2.49. The third-order valence-electron chi connectivity index (χ3n) is 10.0. The summed E-state index contributed by atoms with van der Waals surface area (Å²) in [6.45, 7) is 6.98. The summed E-state index contributed by atoms with van der Waals surface area (Å²) in [6, 6.07) is 23.6. The van der Waals surface area contributed by atoms with E-state index in [1.165, 1.54) is 161 Å². The van der Waals surface area contributed by atoms with Gasteiger partial charge in [-0.15, -0.1) is 0 Å². The van der Waals surface area contributed by atoms with Gasteiger partial charge in [0.25, 0.3) is 0 Å². The molecule has 0 aliphatic rings. The molecule has 0 aliphatic carbocycles. The molecule has 0 radical (unpaired) electrons. The molecule has 0 fully saturated rings. The monoisotopic (exact) mass is 575 g/mol. The van der Waals surface area contributed by atoms with Crippen LogP contribution in [0.3, 0.4) is 0 Å². The molecule has 42 heavy (non-hydrogen) atoms. The van der Waals surface area contributed by atoms with Crippen molar-refractivity contribution < 1.29 is 0 Å². The van der Waals surface area contributed by atoms with Crippen LogP contribution in [0.1, 0.15) is 198 Å². The van der Waals surface area contributed by atoms with Crippen LogP contribution in [0.2, 0.25) is 0 Å². The van der Waals surface area contributed by atoms with Gasteiger partial charge >= 0.3 is 0 Å². The fourth-order valence-electron chi connectivity index (χ4n) is 7.46. The summed E-state index contributed by atoms with van der Waals surface area (Å²) in [7, 11) is 0. The zero-order chi connectivity index (χ0) is 30.0. The number of benzene rings is 2. The van der Waals surface area contributed by atoms with Crippen molar-refractivity contribution in [2.45, 2.75) is 193 Å². The van der Waals surface area contributed by atoms with Gasteiger partial charge in [-0.2, -0.15) is 0 Å². The molecule has 0 aromatic heterocycles. The molecule has 2 aromatic rings. The maximum atomic E-state index is 2.49. The maximum Gasteiger partial charge on any atom is 0.00216 e. The molecule has 0 amide bonds. The van der Waals surface area contributed by atoms with Crippen LogP contribution in [-0.2, 0) is 5.41 Å². The van der Waals surface area contributed by atoms with Crippen LogP contribution in [0.15, 0.2) is 60.7 Å². The van der Waals surface area contributed by atoms with E-state index in [9.17, 15) is 0 Å². The lowest BCUT2D eigenvalue weighted by molar-refractivity contribution is 0.258. The summed E-state index contributed by atoms with van der Waals surface area (Å²) in [4.78, 5) is 0. The number of hydrogen-bond donors (Lipinski definition) is 0. The minimum Gasteiger partial charge on any atom is -0.0654 e. The molecule has 1 unspecified atom stereocenters. The first kappa shape index (κ1) is 36.6. The fourth-order valence-corrected chi connectivity index (χ4v) is 7.46. The fraction of sp³-hybridized carbons (Fsp3) is 0.714. The Kier molecular flexibility index (Phi) is 21.7. The van der Waals surface area contributed by atoms with E-state index in [4.69, 9.17) is 0 Å². The van der Waals surface area contributed by atoms with E-state index in [2.05, 4.69) is 81.4 Å². The largest absolute Gasteiger partial charge is 0.0654 e. The third-order valence-corrected chi connectivity index (χ3v) is 10.0. The highest BCUT2D eigenvalue weighted by atomic mass is 14.4. The second-order valence-electron chi connectivity index (χ2n) is 13.5. The minimum absolute atomic E-state index is 0.246. The van der Waals surface area contributed by atoms with Crippen LogP contribution in [0, 0.1) is 0 Å². The van der Waals surface area contributed by atoms with Crippen molar-refractivity contribution in [2.24, 2.45) is 0 Å². The highest BCUT2D eigenvalue weighted by Gasteiger charge is 2.39. The lowest BCUT2D eigenvalue weighted by Crippen LogP contribution is -2.34. The van der Waals surface area contributed by atoms with Gasteiger partial charge in [0.1, 0.15) is 0 Å². The van der Waals surface area contributed by atoms with Crippen molar-refractivity contribution >= 4 is 0 Å². The molecular weight excluding hydrogens is 504 g/mol. The molecule has 2 aromatic carbocycles. The lowest BCUT2D eigenvalue weighted by Gasteiger charge is -2.43. The van der Waals surface area contributed by atoms with Crippen LogP contribution < -0.4 is 0 Å². The second-order valence-corrected chi connectivity index (χ2v) is 13.5. The zero-order valence-electron chi connectivity index (χ0n) is 28.5. The Balaban J connectivity index is 2.23. The van der Waals surface area contributed by atoms with Gasteiger partial charge < -0.3 is 0 Å². The second kappa shape index (κ2) is 24.8. The summed E-state index contributed by atoms with van der Waals surface area (Å²) in [5.74, 6) is 0.612. The molecule has 238 valence electrons. The Hall–Kier alpha value is -1.56. The van der Waals surface area contributed by atoms with Gasteiger partial charge in [-0.1, -0.05) is 223 Å². The normalized spacial score (nSPS) is 12.5. The predicted octanol–water partition coefficient (Wildman–Crippen LogP) is 14.5. The first-order valence-electron chi connectivity index (χ1n) is 18.9. The van der Waals surface area contributed by atoms with Crippen molar-refractivity contribution in [3.8, 4) is 0 Å². The molecule has 1 atom stereocenters. The van der Waals surface area contributed by atoms with Crippen molar-refractivity contribution in [3.63, 3.8) is 0 Å². The SMILES string of the molecule is CCCCCCCCCCC(CCCCCCCCCC)(c1ccccc1)C(CCCCCCCC)c1ccccc1. The van der Waals surface area contributed by atoms with Crippen LogP contribution in [0.4, 0.5) is 0 Å². The van der Waals surface area contributed by atoms with Gasteiger partial charge in [-0.05, 0) is 36.3 Å². The summed E-state index contributed by atoms with van der Waals surface area (Å²) in [5, 5.41) is 0. The minimum atomic E-state index is 0.246. The highest BCUT2D eigenvalue weighted by Crippen LogP contribution is 2.49. The quantitative estimate of drug-likeness (QED) is 0.0886. The average Bonchev–Trinajstić information content (AvgIpc) is 3.03. The lowest BCUT2D eigenvalue weighted by atomic mass is 9.61. The molecule has 0 nitrogen and oxygen atoms in total. The van der Waals surface area contributed by atoms with Gasteiger partial charge in [0.15, 0.2) is 0 Å². The predicted molar refractivity (Wildman–Crippen MR) is 190 cm³/mol. The Morgan fingerprint density at radius 3 is 1.19 bits per heavy atom. The van der Waals surface area contributed by atoms with Gasteiger partial charge in [0, 0.05) is 5.41 Å². The van der Waals surface area contributed by atoms with Crippen molar-refractivity contribution in [2.75, 3.05) is 0 Å². The summed E-state index contributed by atoms with van der Waals surface area (Å²) in [6.07, 6.45) is 34.8. The van der Waals surface area contributed by atoms with Crippen molar-refractivity contribution in [1.29, 1.82) is 0 Å². The molecule has 0 saturated heterocycles. The van der Waals surface area contributed by atoms with E-state index in [-0.39, 0.29) is 5.41 Å². The highest BCUT2D eigenvalue weighted by molar-refractivity contribution is 5.34. The Labute approximate surface area is 263 Å². The molecule has 0 heterocycles. The van der Waals surface area contributed by atoms with Crippen molar-refractivity contribution in [3.05, 3.63) is 71.8 Å². The Bertz CT molecular complexity index is 802. The van der Waals surface area contributed by atoms with Crippen LogP contribution in [0.25, 0.3) is 0 Å². The van der Waals surface area contributed by atoms with Crippen LogP contribution in [-0.4, -0.2) is 0 Å². The molecule has 0 bridgehead atoms. The number of hydrogen-bond acceptors (Lipinski definition) is 0. The zero-order valence-corrected chi connectivity index (χ0v) is 28.5. The molecule has 0 heteroatoms. The Morgan fingerprint density at radius 2 is 0.762 bits per heavy atom. The molecular formula is C42H70. The van der Waals surface area contributed by atoms with E-state index in [0.717, 1.165) is 0 Å². The van der Waals surface area contributed by atoms with E-state index in [1.54, 1.807) is 11.1 Å². The van der Waals surface area contributed by atoms with Gasteiger partial charge in [0.05, 0.1) is 0 Å². The molecule has 0 aliphatic heterocycles. The molecule has 0 N–H and O–H groups in total. The first-order chi connectivity index (χ1) is 20.8. The van der Waals surface area contributed by atoms with E-state index >= 15 is 0 Å². The average molecular weight is 575 g/mol. The van der Waals surface area contributed by atoms with Crippen molar-refractivity contribution in [1.82, 2.24) is 0 Å². The third kappa shape index (κ3) is 14.8. The van der Waals surface area contributed by atoms with E-state index < -0.39 is 0 Å². The first-order valence-corrected chi connectivity index (χ1v) is 18.9. The van der Waals surface area contributed by atoms with Gasteiger partial charge in [-0.3, -0.25) is 0 Å². The van der Waals surface area contributed by atoms with Crippen LogP contribution >= 0.6 is 0 Å².